The van der Waals surface area contributed by atoms with Gasteiger partial charge in [-0.25, -0.2) is 4.79 Å². The number of nitrogens with zero attached hydrogens (tertiary/aromatic N) is 1. The van der Waals surface area contributed by atoms with Gasteiger partial charge in [0.05, 0.1) is 17.1 Å². The zero-order valence-corrected chi connectivity index (χ0v) is 10.9. The van der Waals surface area contributed by atoms with Crippen LogP contribution in [0.1, 0.15) is 40.5 Å². The van der Waals surface area contributed by atoms with E-state index >= 15 is 0 Å². The van der Waals surface area contributed by atoms with E-state index in [2.05, 4.69) is 5.32 Å². The molecule has 0 saturated heterocycles. The van der Waals surface area contributed by atoms with Gasteiger partial charge >= 0.3 is 5.97 Å². The van der Waals surface area contributed by atoms with Gasteiger partial charge in [0.15, 0.2) is 0 Å². The number of hydrogen-bond acceptors (Lipinski definition) is 5. The van der Waals surface area contributed by atoms with E-state index in [1.165, 1.54) is 6.07 Å². The molecule has 1 amide bonds. The fourth-order valence-corrected chi connectivity index (χ4v) is 1.68. The molecule has 0 unspecified atom stereocenters. The predicted molar refractivity (Wildman–Crippen MR) is 69.5 cm³/mol. The van der Waals surface area contributed by atoms with E-state index in [1.807, 2.05) is 0 Å². The van der Waals surface area contributed by atoms with Crippen LogP contribution in [0.25, 0.3) is 0 Å². The van der Waals surface area contributed by atoms with Gasteiger partial charge in [0.2, 0.25) is 0 Å². The molecule has 1 fully saturated rings. The van der Waals surface area contributed by atoms with E-state index in [1.54, 1.807) is 6.92 Å². The third kappa shape index (κ3) is 3.31. The van der Waals surface area contributed by atoms with E-state index in [0.717, 1.165) is 25.0 Å². The van der Waals surface area contributed by atoms with E-state index in [0.29, 0.717) is 0 Å². The molecule has 1 saturated carbocycles. The van der Waals surface area contributed by atoms with Crippen molar-refractivity contribution in [3.05, 3.63) is 39.4 Å². The van der Waals surface area contributed by atoms with Crippen molar-refractivity contribution in [2.24, 2.45) is 0 Å². The first kappa shape index (κ1) is 14.0. The van der Waals surface area contributed by atoms with Crippen molar-refractivity contribution in [3.8, 4) is 0 Å². The number of carbonyl (C=O) groups excluding carboxylic acids is 2. The fraction of sp³-hybridized carbons (Fsp3) is 0.385. The average molecular weight is 278 g/mol. The second-order valence-electron chi connectivity index (χ2n) is 4.49. The van der Waals surface area contributed by atoms with Crippen LogP contribution in [0.3, 0.4) is 0 Å². The van der Waals surface area contributed by atoms with Crippen molar-refractivity contribution >= 4 is 17.6 Å². The van der Waals surface area contributed by atoms with Gasteiger partial charge in [-0.1, -0.05) is 0 Å². The van der Waals surface area contributed by atoms with Gasteiger partial charge in [-0.15, -0.1) is 0 Å². The summed E-state index contributed by atoms with van der Waals surface area (Å²) >= 11 is 0. The zero-order valence-electron chi connectivity index (χ0n) is 10.9. The Labute approximate surface area is 115 Å². The highest BCUT2D eigenvalue weighted by Crippen LogP contribution is 2.22. The molecule has 2 rings (SSSR count). The Morgan fingerprint density at radius 2 is 2.00 bits per heavy atom. The van der Waals surface area contributed by atoms with Crippen molar-refractivity contribution in [1.82, 2.24) is 5.32 Å². The van der Waals surface area contributed by atoms with Crippen LogP contribution in [0, 0.1) is 10.1 Å². The Morgan fingerprint density at radius 1 is 1.35 bits per heavy atom. The Hall–Kier alpha value is -2.44. The molecular weight excluding hydrogens is 264 g/mol. The van der Waals surface area contributed by atoms with Crippen LogP contribution < -0.4 is 5.32 Å². The maximum Gasteiger partial charge on any atom is 0.338 e. The first-order chi connectivity index (χ1) is 9.51. The van der Waals surface area contributed by atoms with E-state index in [9.17, 15) is 19.7 Å². The molecule has 0 radical (unpaired) electrons. The molecule has 0 bridgehead atoms. The van der Waals surface area contributed by atoms with Gasteiger partial charge < -0.3 is 10.1 Å². The summed E-state index contributed by atoms with van der Waals surface area (Å²) in [6.07, 6.45) is 1.82. The minimum atomic E-state index is -0.684. The fourth-order valence-electron chi connectivity index (χ4n) is 1.68. The summed E-state index contributed by atoms with van der Waals surface area (Å²) in [7, 11) is 0. The second-order valence-corrected chi connectivity index (χ2v) is 4.49. The van der Waals surface area contributed by atoms with Crippen LogP contribution in [-0.4, -0.2) is 29.4 Å². The van der Waals surface area contributed by atoms with Crippen molar-refractivity contribution < 1.29 is 19.2 Å². The number of ether oxygens (including phenoxy) is 1. The minimum absolute atomic E-state index is 0.00185. The van der Waals surface area contributed by atoms with Gasteiger partial charge in [0, 0.05) is 23.7 Å². The molecule has 1 aromatic carbocycles. The standard InChI is InChI=1S/C13H14N2O5/c1-2-20-13(17)9-5-8(6-11(7-9)15(18)19)12(16)14-10-3-4-10/h5-7,10H,2-4H2,1H3,(H,14,16). The Bertz CT molecular complexity index is 566. The Balaban J connectivity index is 2.31. The highest BCUT2D eigenvalue weighted by Gasteiger charge is 2.25. The van der Waals surface area contributed by atoms with Gasteiger partial charge in [-0.05, 0) is 25.8 Å². The Morgan fingerprint density at radius 3 is 2.55 bits per heavy atom. The van der Waals surface area contributed by atoms with Gasteiger partial charge in [-0.2, -0.15) is 0 Å². The zero-order chi connectivity index (χ0) is 14.7. The molecule has 1 aliphatic carbocycles. The highest BCUT2D eigenvalue weighted by molar-refractivity contribution is 5.99. The topological polar surface area (TPSA) is 98.5 Å². The minimum Gasteiger partial charge on any atom is -0.462 e. The van der Waals surface area contributed by atoms with Crippen molar-refractivity contribution in [1.29, 1.82) is 0 Å². The molecule has 7 heteroatoms. The van der Waals surface area contributed by atoms with Gasteiger partial charge in [0.1, 0.15) is 0 Å². The molecule has 1 aliphatic rings. The summed E-state index contributed by atoms with van der Waals surface area (Å²) in [6.45, 7) is 1.79. The lowest BCUT2D eigenvalue weighted by Crippen LogP contribution is -2.25. The second kappa shape index (κ2) is 5.68. The van der Waals surface area contributed by atoms with Crippen LogP contribution >= 0.6 is 0 Å². The summed E-state index contributed by atoms with van der Waals surface area (Å²) in [5.41, 5.74) is -0.215. The molecule has 7 nitrogen and oxygen atoms in total. The number of hydrogen-bond donors (Lipinski definition) is 1. The monoisotopic (exact) mass is 278 g/mol. The highest BCUT2D eigenvalue weighted by atomic mass is 16.6. The lowest BCUT2D eigenvalue weighted by molar-refractivity contribution is -0.384. The maximum atomic E-state index is 11.9. The van der Waals surface area contributed by atoms with Crippen LogP contribution in [0.4, 0.5) is 5.69 Å². The maximum absolute atomic E-state index is 11.9. The SMILES string of the molecule is CCOC(=O)c1cc(C(=O)NC2CC2)cc([N+](=O)[O-])c1. The largest absolute Gasteiger partial charge is 0.462 e. The molecule has 0 spiro atoms. The Kier molecular flexibility index (Phi) is 3.97. The number of non-ortho nitro benzene ring substituents is 1. The van der Waals surface area contributed by atoms with Crippen LogP contribution in [0.15, 0.2) is 18.2 Å². The quantitative estimate of drug-likeness (QED) is 0.501. The normalized spacial score (nSPS) is 13.7. The van der Waals surface area contributed by atoms with Crippen molar-refractivity contribution in [2.45, 2.75) is 25.8 Å². The number of amides is 1. The predicted octanol–water partition coefficient (Wildman–Crippen LogP) is 1.66. The molecule has 0 aliphatic heterocycles. The number of nitro groups is 1. The summed E-state index contributed by atoms with van der Waals surface area (Å²) in [4.78, 5) is 33.8. The van der Waals surface area contributed by atoms with E-state index in [4.69, 9.17) is 4.74 Å². The number of esters is 1. The molecular formula is C13H14N2O5. The average Bonchev–Trinajstić information content (AvgIpc) is 3.22. The molecule has 1 N–H and O–H groups in total. The number of carbonyl (C=O) groups is 2. The molecule has 20 heavy (non-hydrogen) atoms. The van der Waals surface area contributed by atoms with E-state index < -0.39 is 16.8 Å². The molecule has 0 atom stereocenters. The number of nitrogens with one attached hydrogen (secondary N) is 1. The van der Waals surface area contributed by atoms with Crippen molar-refractivity contribution in [2.75, 3.05) is 6.61 Å². The summed E-state index contributed by atoms with van der Waals surface area (Å²) < 4.78 is 4.80. The smallest absolute Gasteiger partial charge is 0.338 e. The summed E-state index contributed by atoms with van der Waals surface area (Å²) in [6, 6.07) is 3.70. The van der Waals surface area contributed by atoms with Crippen molar-refractivity contribution in [3.63, 3.8) is 0 Å². The van der Waals surface area contributed by atoms with Crippen LogP contribution in [0.5, 0.6) is 0 Å². The molecule has 0 heterocycles. The third-order valence-corrected chi connectivity index (χ3v) is 2.81. The van der Waals surface area contributed by atoms with Gasteiger partial charge in [-0.3, -0.25) is 14.9 Å². The first-order valence-corrected chi connectivity index (χ1v) is 6.28. The number of nitro benzene ring substituents is 1. The lowest BCUT2D eigenvalue weighted by atomic mass is 10.1. The first-order valence-electron chi connectivity index (χ1n) is 6.28. The third-order valence-electron chi connectivity index (χ3n) is 2.81. The number of benzene rings is 1. The summed E-state index contributed by atoms with van der Waals surface area (Å²) in [5.74, 6) is -1.10. The van der Waals surface area contributed by atoms with Crippen LogP contribution in [0.2, 0.25) is 0 Å². The molecule has 106 valence electrons. The van der Waals surface area contributed by atoms with E-state index in [-0.39, 0.29) is 29.5 Å². The van der Waals surface area contributed by atoms with Crippen LogP contribution in [-0.2, 0) is 4.74 Å². The lowest BCUT2D eigenvalue weighted by Gasteiger charge is -2.06. The van der Waals surface area contributed by atoms with Gasteiger partial charge in [0.25, 0.3) is 11.6 Å². The molecule has 1 aromatic rings. The summed E-state index contributed by atoms with van der Waals surface area (Å²) in [5, 5.41) is 13.6. The molecule has 0 aromatic heterocycles. The number of rotatable bonds is 5.